The van der Waals surface area contributed by atoms with Crippen LogP contribution in [0.25, 0.3) is 10.8 Å². The molecule has 0 aromatic heterocycles. The van der Waals surface area contributed by atoms with Gasteiger partial charge in [0, 0.05) is 40.2 Å². The molecule has 5 nitrogen and oxygen atoms in total. The van der Waals surface area contributed by atoms with Gasteiger partial charge in [-0.1, -0.05) is 41.9 Å². The molecular formula is C23H19ClN2O3. The number of rotatable bonds is 5. The largest absolute Gasteiger partial charge is 0.326 e. The van der Waals surface area contributed by atoms with Crippen LogP contribution in [0, 0.1) is 6.92 Å². The van der Waals surface area contributed by atoms with Crippen LogP contribution in [0.5, 0.6) is 0 Å². The zero-order valence-corrected chi connectivity index (χ0v) is 16.6. The Morgan fingerprint density at radius 3 is 2.28 bits per heavy atom. The summed E-state index contributed by atoms with van der Waals surface area (Å²) in [4.78, 5) is 39.1. The first-order chi connectivity index (χ1) is 14.0. The molecule has 3 amide bonds. The average molecular weight is 407 g/mol. The first kappa shape index (κ1) is 19.2. The smallest absolute Gasteiger partial charge is 0.261 e. The Morgan fingerprint density at radius 1 is 1.00 bits per heavy atom. The van der Waals surface area contributed by atoms with Crippen LogP contribution in [0.2, 0.25) is 5.02 Å². The van der Waals surface area contributed by atoms with Gasteiger partial charge in [0.2, 0.25) is 5.91 Å². The van der Waals surface area contributed by atoms with E-state index in [-0.39, 0.29) is 30.7 Å². The summed E-state index contributed by atoms with van der Waals surface area (Å²) in [5.41, 5.74) is 2.60. The third-order valence-corrected chi connectivity index (χ3v) is 5.50. The number of imide groups is 1. The van der Waals surface area contributed by atoms with Crippen LogP contribution in [-0.2, 0) is 4.79 Å². The van der Waals surface area contributed by atoms with E-state index in [2.05, 4.69) is 5.32 Å². The van der Waals surface area contributed by atoms with E-state index in [1.54, 1.807) is 24.3 Å². The summed E-state index contributed by atoms with van der Waals surface area (Å²) in [5, 5.41) is 4.95. The van der Waals surface area contributed by atoms with Crippen molar-refractivity contribution in [2.24, 2.45) is 0 Å². The van der Waals surface area contributed by atoms with Crippen molar-refractivity contribution in [3.63, 3.8) is 0 Å². The minimum atomic E-state index is -0.315. The van der Waals surface area contributed by atoms with Crippen LogP contribution in [0.1, 0.15) is 39.1 Å². The molecule has 1 N–H and O–H groups in total. The molecule has 0 bridgehead atoms. The predicted octanol–water partition coefficient (Wildman–Crippen LogP) is 4.82. The van der Waals surface area contributed by atoms with Crippen molar-refractivity contribution in [3.8, 4) is 0 Å². The van der Waals surface area contributed by atoms with Gasteiger partial charge in [-0.3, -0.25) is 19.3 Å². The number of hydrogen-bond acceptors (Lipinski definition) is 3. The number of anilines is 1. The Hall–Kier alpha value is -3.18. The second-order valence-electron chi connectivity index (χ2n) is 7.09. The maximum absolute atomic E-state index is 12.8. The van der Waals surface area contributed by atoms with Crippen LogP contribution in [0.3, 0.4) is 0 Å². The molecule has 29 heavy (non-hydrogen) atoms. The fourth-order valence-corrected chi connectivity index (χ4v) is 3.76. The molecule has 0 aliphatic carbocycles. The number of hydrogen-bond donors (Lipinski definition) is 1. The lowest BCUT2D eigenvalue weighted by atomic mass is 9.94. The Labute approximate surface area is 173 Å². The summed E-state index contributed by atoms with van der Waals surface area (Å²) in [7, 11) is 0. The van der Waals surface area contributed by atoms with Crippen LogP contribution in [-0.4, -0.2) is 29.2 Å². The van der Waals surface area contributed by atoms with Crippen molar-refractivity contribution >= 4 is 45.8 Å². The van der Waals surface area contributed by atoms with Gasteiger partial charge in [-0.15, -0.1) is 0 Å². The number of carbonyl (C=O) groups excluding carboxylic acids is 3. The summed E-state index contributed by atoms with van der Waals surface area (Å²) < 4.78 is 0. The zero-order chi connectivity index (χ0) is 20.5. The minimum absolute atomic E-state index is 0.185. The number of nitrogens with zero attached hydrogens (tertiary/aromatic N) is 1. The molecule has 3 aromatic rings. The van der Waals surface area contributed by atoms with Crippen molar-refractivity contribution in [2.45, 2.75) is 19.8 Å². The normalized spacial score (nSPS) is 13.1. The molecule has 1 aliphatic heterocycles. The monoisotopic (exact) mass is 406 g/mol. The van der Waals surface area contributed by atoms with Crippen molar-refractivity contribution in [1.82, 2.24) is 4.90 Å². The Bertz CT molecular complexity index is 1110. The number of aryl methyl sites for hydroxylation is 1. The molecule has 0 spiro atoms. The lowest BCUT2D eigenvalue weighted by molar-refractivity contribution is -0.116. The van der Waals surface area contributed by atoms with Crippen molar-refractivity contribution < 1.29 is 14.4 Å². The molecule has 1 heterocycles. The van der Waals surface area contributed by atoms with E-state index in [1.807, 2.05) is 37.3 Å². The SMILES string of the molecule is Cc1ccc(NC(=O)CCCN2C(=O)c3cccc4cccc(c34)C2=O)cc1Cl. The van der Waals surface area contributed by atoms with Crippen molar-refractivity contribution in [3.05, 3.63) is 76.3 Å². The molecule has 146 valence electrons. The second kappa shape index (κ2) is 7.68. The number of amides is 3. The van der Waals surface area contributed by atoms with E-state index in [4.69, 9.17) is 11.6 Å². The van der Waals surface area contributed by atoms with Gasteiger partial charge in [-0.25, -0.2) is 0 Å². The molecule has 0 saturated heterocycles. The second-order valence-corrected chi connectivity index (χ2v) is 7.49. The summed E-state index contributed by atoms with van der Waals surface area (Å²) in [6, 6.07) is 16.2. The molecule has 1 aliphatic rings. The van der Waals surface area contributed by atoms with Crippen LogP contribution >= 0.6 is 11.6 Å². The van der Waals surface area contributed by atoms with Gasteiger partial charge in [0.15, 0.2) is 0 Å². The minimum Gasteiger partial charge on any atom is -0.326 e. The van der Waals surface area contributed by atoms with Gasteiger partial charge in [0.1, 0.15) is 0 Å². The molecule has 3 aromatic carbocycles. The van der Waals surface area contributed by atoms with Gasteiger partial charge in [0.05, 0.1) is 0 Å². The summed E-state index contributed by atoms with van der Waals surface area (Å²) >= 11 is 6.08. The van der Waals surface area contributed by atoms with Gasteiger partial charge in [-0.05, 0) is 48.6 Å². The van der Waals surface area contributed by atoms with Crippen molar-refractivity contribution in [1.29, 1.82) is 0 Å². The van der Waals surface area contributed by atoms with Crippen LogP contribution in [0.4, 0.5) is 5.69 Å². The maximum atomic E-state index is 12.8. The highest BCUT2D eigenvalue weighted by Crippen LogP contribution is 2.30. The summed E-state index contributed by atoms with van der Waals surface area (Å²) in [5.74, 6) is -0.820. The highest BCUT2D eigenvalue weighted by atomic mass is 35.5. The lowest BCUT2D eigenvalue weighted by Crippen LogP contribution is -2.41. The third-order valence-electron chi connectivity index (χ3n) is 5.10. The van der Waals surface area contributed by atoms with Gasteiger partial charge in [0.25, 0.3) is 11.8 Å². The van der Waals surface area contributed by atoms with E-state index in [1.165, 1.54) is 4.90 Å². The number of carbonyl (C=O) groups is 3. The summed E-state index contributed by atoms with van der Waals surface area (Å²) in [6.07, 6.45) is 0.565. The first-order valence-electron chi connectivity index (χ1n) is 9.39. The molecular weight excluding hydrogens is 388 g/mol. The molecule has 0 fully saturated rings. The standard InChI is InChI=1S/C23H19ClN2O3/c1-14-10-11-16(13-19(14)24)25-20(27)9-4-12-26-22(28)17-7-2-5-15-6-3-8-18(21(15)17)23(26)29/h2-3,5-8,10-11,13H,4,9,12H2,1H3,(H,25,27). The first-order valence-corrected chi connectivity index (χ1v) is 9.77. The van der Waals surface area contributed by atoms with Crippen LogP contribution < -0.4 is 5.32 Å². The number of halogens is 1. The van der Waals surface area contributed by atoms with E-state index in [0.29, 0.717) is 33.6 Å². The Morgan fingerprint density at radius 2 is 1.66 bits per heavy atom. The lowest BCUT2D eigenvalue weighted by Gasteiger charge is -2.27. The molecule has 0 unspecified atom stereocenters. The zero-order valence-electron chi connectivity index (χ0n) is 15.9. The van der Waals surface area contributed by atoms with Gasteiger partial charge >= 0.3 is 0 Å². The average Bonchev–Trinajstić information content (AvgIpc) is 2.71. The Kier molecular flexibility index (Phi) is 5.07. The molecule has 6 heteroatoms. The van der Waals surface area contributed by atoms with E-state index in [0.717, 1.165) is 10.9 Å². The van der Waals surface area contributed by atoms with Crippen molar-refractivity contribution in [2.75, 3.05) is 11.9 Å². The van der Waals surface area contributed by atoms with E-state index >= 15 is 0 Å². The highest BCUT2D eigenvalue weighted by Gasteiger charge is 2.32. The predicted molar refractivity (Wildman–Crippen MR) is 113 cm³/mol. The van der Waals surface area contributed by atoms with Crippen LogP contribution in [0.15, 0.2) is 54.6 Å². The Balaban J connectivity index is 1.42. The highest BCUT2D eigenvalue weighted by molar-refractivity contribution is 6.31. The summed E-state index contributed by atoms with van der Waals surface area (Å²) in [6.45, 7) is 2.07. The third kappa shape index (κ3) is 3.61. The molecule has 0 saturated carbocycles. The van der Waals surface area contributed by atoms with Gasteiger partial charge < -0.3 is 5.32 Å². The molecule has 4 rings (SSSR count). The fourth-order valence-electron chi connectivity index (χ4n) is 3.58. The number of nitrogens with one attached hydrogen (secondary N) is 1. The number of benzene rings is 3. The maximum Gasteiger partial charge on any atom is 0.261 e. The van der Waals surface area contributed by atoms with Gasteiger partial charge in [-0.2, -0.15) is 0 Å². The quantitative estimate of drug-likeness (QED) is 0.618. The molecule has 0 atom stereocenters. The van der Waals surface area contributed by atoms with E-state index < -0.39 is 0 Å². The molecule has 0 radical (unpaired) electrons. The van der Waals surface area contributed by atoms with E-state index in [9.17, 15) is 14.4 Å². The topological polar surface area (TPSA) is 66.5 Å². The fraction of sp³-hybridized carbons (Fsp3) is 0.174.